The summed E-state index contributed by atoms with van der Waals surface area (Å²) in [4.78, 5) is 2.55. The Labute approximate surface area is 386 Å². The maximum Gasteiger partial charge on any atom is 0.0726 e. The molecule has 0 N–H and O–H groups in total. The van der Waals surface area contributed by atoms with E-state index in [0.717, 1.165) is 17.1 Å². The van der Waals surface area contributed by atoms with Gasteiger partial charge in [0.2, 0.25) is 0 Å². The van der Waals surface area contributed by atoms with Crippen molar-refractivity contribution in [2.75, 3.05) is 4.90 Å². The largest absolute Gasteiger partial charge is 0.310 e. The third-order valence-corrected chi connectivity index (χ3v) is 16.3. The van der Waals surface area contributed by atoms with Crippen LogP contribution in [0.25, 0.3) is 55.6 Å². The Kier molecular flexibility index (Phi) is 6.95. The molecule has 66 heavy (non-hydrogen) atoms. The number of anilines is 3. The predicted octanol–water partition coefficient (Wildman–Crippen LogP) is 16.1. The average Bonchev–Trinajstić information content (AvgIpc) is 4.10. The van der Waals surface area contributed by atoms with E-state index < -0.39 is 10.8 Å². The molecule has 0 saturated heterocycles. The molecule has 10 aromatic carbocycles. The van der Waals surface area contributed by atoms with Crippen molar-refractivity contribution in [1.82, 2.24) is 0 Å². The Morgan fingerprint density at radius 3 is 0.939 bits per heavy atom. The molecule has 0 bridgehead atoms. The van der Waals surface area contributed by atoms with Crippen molar-refractivity contribution in [3.8, 4) is 55.6 Å². The average molecular weight is 838 g/mol. The van der Waals surface area contributed by atoms with Gasteiger partial charge in [-0.15, -0.1) is 0 Å². The zero-order valence-electron chi connectivity index (χ0n) is 36.8. The van der Waals surface area contributed by atoms with Gasteiger partial charge in [-0.05, 0) is 148 Å². The molecule has 5 aliphatic carbocycles. The lowest BCUT2D eigenvalue weighted by atomic mass is 9.70. The molecular weight excluding hydrogens is 795 g/mol. The van der Waals surface area contributed by atoms with Gasteiger partial charge in [0.05, 0.1) is 10.8 Å². The van der Waals surface area contributed by atoms with E-state index in [1.165, 1.54) is 111 Å². The van der Waals surface area contributed by atoms with Crippen molar-refractivity contribution in [2.24, 2.45) is 0 Å². The molecule has 1 heteroatoms. The van der Waals surface area contributed by atoms with Crippen LogP contribution in [0, 0.1) is 0 Å². The smallest absolute Gasteiger partial charge is 0.0726 e. The molecule has 0 heterocycles. The van der Waals surface area contributed by atoms with Gasteiger partial charge < -0.3 is 4.90 Å². The van der Waals surface area contributed by atoms with E-state index in [1.807, 2.05) is 0 Å². The molecule has 1 nitrogen and oxygen atoms in total. The number of rotatable bonds is 3. The van der Waals surface area contributed by atoms with Crippen LogP contribution in [-0.2, 0) is 16.2 Å². The van der Waals surface area contributed by atoms with Crippen molar-refractivity contribution in [2.45, 2.75) is 30.1 Å². The zero-order valence-corrected chi connectivity index (χ0v) is 36.8. The van der Waals surface area contributed by atoms with Crippen LogP contribution in [0.4, 0.5) is 17.1 Å². The first-order valence-electron chi connectivity index (χ1n) is 23.4. The number of hydrogen-bond donors (Lipinski definition) is 0. The van der Waals surface area contributed by atoms with Crippen LogP contribution in [0.3, 0.4) is 0 Å². The minimum Gasteiger partial charge on any atom is -0.310 e. The summed E-state index contributed by atoms with van der Waals surface area (Å²) >= 11 is 0. The van der Waals surface area contributed by atoms with Gasteiger partial charge in [0.25, 0.3) is 0 Å². The maximum absolute atomic E-state index is 2.55. The second kappa shape index (κ2) is 12.6. The highest BCUT2D eigenvalue weighted by Crippen LogP contribution is 2.65. The fraction of sp³-hybridized carbons (Fsp3) is 0.0769. The molecule has 0 fully saturated rings. The Balaban J connectivity index is 1.000. The standard InChI is InChI=1S/C65H43N/c1-63(2)53-24-10-3-17-43(53)50-34-31-41(38-61(50)63)66(40-33-36-60-52(37-40)49-23-9-16-30-59(49)64(60)54-25-11-4-18-44(54)45-19-5-12-26-55(45)64)42-32-35-51-48-22-8-15-29-58(48)65(62(51)39-42)56-27-13-6-20-46(56)47-21-7-14-28-57(47)65/h3-39H,1-2H3. The molecule has 10 aromatic rings. The second-order valence-electron chi connectivity index (χ2n) is 19.5. The lowest BCUT2D eigenvalue weighted by molar-refractivity contribution is 0.660. The number of benzene rings is 10. The van der Waals surface area contributed by atoms with E-state index >= 15 is 0 Å². The van der Waals surface area contributed by atoms with Crippen LogP contribution >= 0.6 is 0 Å². The van der Waals surface area contributed by atoms with E-state index in [4.69, 9.17) is 0 Å². The van der Waals surface area contributed by atoms with Crippen LogP contribution < -0.4 is 4.90 Å². The first-order chi connectivity index (χ1) is 32.5. The first-order valence-corrected chi connectivity index (χ1v) is 23.4. The summed E-state index contributed by atoms with van der Waals surface area (Å²) in [5, 5.41) is 0. The van der Waals surface area contributed by atoms with Gasteiger partial charge in [-0.25, -0.2) is 0 Å². The summed E-state index contributed by atoms with van der Waals surface area (Å²) in [6.45, 7) is 4.78. The third kappa shape index (κ3) is 4.24. The van der Waals surface area contributed by atoms with E-state index in [1.54, 1.807) is 0 Å². The van der Waals surface area contributed by atoms with Crippen LogP contribution in [-0.4, -0.2) is 0 Å². The van der Waals surface area contributed by atoms with E-state index in [2.05, 4.69) is 243 Å². The molecule has 0 saturated carbocycles. The number of fused-ring (bicyclic) bond motifs is 23. The summed E-state index contributed by atoms with van der Waals surface area (Å²) < 4.78 is 0. The zero-order chi connectivity index (χ0) is 43.5. The fourth-order valence-corrected chi connectivity index (χ4v) is 13.7. The van der Waals surface area contributed by atoms with Gasteiger partial charge in [0.1, 0.15) is 0 Å². The monoisotopic (exact) mass is 837 g/mol. The molecule has 0 unspecified atom stereocenters. The lowest BCUT2D eigenvalue weighted by Gasteiger charge is -2.33. The van der Waals surface area contributed by atoms with Crippen molar-refractivity contribution >= 4 is 17.1 Å². The second-order valence-corrected chi connectivity index (χ2v) is 19.5. The van der Waals surface area contributed by atoms with Crippen LogP contribution in [0.1, 0.15) is 69.5 Å². The minimum absolute atomic E-state index is 0.152. The summed E-state index contributed by atoms with van der Waals surface area (Å²) in [6, 6.07) is 85.6. The Morgan fingerprint density at radius 2 is 0.500 bits per heavy atom. The minimum atomic E-state index is -0.450. The predicted molar refractivity (Wildman–Crippen MR) is 271 cm³/mol. The van der Waals surface area contributed by atoms with Crippen molar-refractivity contribution in [3.63, 3.8) is 0 Å². The van der Waals surface area contributed by atoms with Gasteiger partial charge >= 0.3 is 0 Å². The number of hydrogen-bond acceptors (Lipinski definition) is 1. The molecule has 308 valence electrons. The fourth-order valence-electron chi connectivity index (χ4n) is 13.7. The molecule has 5 aliphatic rings. The topological polar surface area (TPSA) is 3.24 Å². The van der Waals surface area contributed by atoms with Crippen LogP contribution in [0.15, 0.2) is 224 Å². The molecule has 0 amide bonds. The summed E-state index contributed by atoms with van der Waals surface area (Å²) in [5.74, 6) is 0. The summed E-state index contributed by atoms with van der Waals surface area (Å²) in [5.41, 5.74) is 29.2. The molecule has 0 aliphatic heterocycles. The Hall–Kier alpha value is -8.00. The summed E-state index contributed by atoms with van der Waals surface area (Å²) in [6.07, 6.45) is 0. The molecule has 0 atom stereocenters. The molecule has 0 radical (unpaired) electrons. The quantitative estimate of drug-likeness (QED) is 0.171. The maximum atomic E-state index is 2.55. The Morgan fingerprint density at radius 1 is 0.227 bits per heavy atom. The Bertz CT molecular complexity index is 3660. The normalized spacial score (nSPS) is 15.5. The van der Waals surface area contributed by atoms with Crippen LogP contribution in [0.5, 0.6) is 0 Å². The highest BCUT2D eigenvalue weighted by Gasteiger charge is 2.53. The highest BCUT2D eigenvalue weighted by atomic mass is 15.1. The molecule has 0 aromatic heterocycles. The molecule has 2 spiro atoms. The summed E-state index contributed by atoms with van der Waals surface area (Å²) in [7, 11) is 0. The van der Waals surface area contributed by atoms with Gasteiger partial charge in [-0.3, -0.25) is 0 Å². The molecule has 15 rings (SSSR count). The molecular formula is C65H43N. The van der Waals surface area contributed by atoms with Gasteiger partial charge in [0, 0.05) is 22.5 Å². The van der Waals surface area contributed by atoms with E-state index in [0.29, 0.717) is 0 Å². The highest BCUT2D eigenvalue weighted by molar-refractivity contribution is 5.99. The van der Waals surface area contributed by atoms with Gasteiger partial charge in [0.15, 0.2) is 0 Å². The lowest BCUT2D eigenvalue weighted by Crippen LogP contribution is -2.26. The van der Waals surface area contributed by atoms with Crippen LogP contribution in [0.2, 0.25) is 0 Å². The SMILES string of the molecule is CC1(C)c2ccccc2-c2ccc(N(c3ccc4c(c3)-c3ccccc3C43c4ccccc4-c4ccccc43)c3ccc4c(c3)C3(c5ccccc5-c5ccccc53)c3ccccc3-4)cc21. The van der Waals surface area contributed by atoms with Crippen molar-refractivity contribution in [1.29, 1.82) is 0 Å². The van der Waals surface area contributed by atoms with Crippen molar-refractivity contribution < 1.29 is 0 Å². The first kappa shape index (κ1) is 36.4. The number of nitrogens with zero attached hydrogens (tertiary/aromatic N) is 1. The van der Waals surface area contributed by atoms with Gasteiger partial charge in [-0.1, -0.05) is 202 Å². The third-order valence-electron chi connectivity index (χ3n) is 16.3. The van der Waals surface area contributed by atoms with E-state index in [9.17, 15) is 0 Å². The van der Waals surface area contributed by atoms with E-state index in [-0.39, 0.29) is 5.41 Å². The van der Waals surface area contributed by atoms with Gasteiger partial charge in [-0.2, -0.15) is 0 Å². The van der Waals surface area contributed by atoms with Crippen molar-refractivity contribution in [3.05, 3.63) is 280 Å².